The molecule has 2 heterocycles. The molecule has 2 fully saturated rings. The van der Waals surface area contributed by atoms with Crippen molar-refractivity contribution in [3.05, 3.63) is 57.6 Å². The molecule has 2 aromatic rings. The van der Waals surface area contributed by atoms with Crippen molar-refractivity contribution in [2.75, 3.05) is 23.0 Å². The van der Waals surface area contributed by atoms with Gasteiger partial charge < -0.3 is 30.2 Å². The smallest absolute Gasteiger partial charge is 0.327 e. The van der Waals surface area contributed by atoms with E-state index in [0.29, 0.717) is 32.7 Å². The first kappa shape index (κ1) is 34.8. The van der Waals surface area contributed by atoms with Crippen molar-refractivity contribution in [2.24, 2.45) is 11.8 Å². The zero-order valence-corrected chi connectivity index (χ0v) is 28.2. The van der Waals surface area contributed by atoms with Gasteiger partial charge in [-0.05, 0) is 36.4 Å². The third kappa shape index (κ3) is 7.64. The molecule has 2 aromatic carbocycles. The molecule has 238 valence electrons. The molecule has 4 N–H and O–H groups in total. The molecule has 2 amide bonds. The SMILES string of the molecule is C[C@H](CSSC[C@@H](C)C(=O)N1C(c2cc(Cl)ccc2O)SC[C@H]1C(=O)O)C(=O)N1C(c2cc(Cl)ccc2O)SC[C@H]1C(=O)O. The highest BCUT2D eigenvalue weighted by molar-refractivity contribution is 8.76. The van der Waals surface area contributed by atoms with Gasteiger partial charge in [-0.25, -0.2) is 9.59 Å². The second-order valence-corrected chi connectivity index (χ2v) is 16.0. The maximum Gasteiger partial charge on any atom is 0.327 e. The van der Waals surface area contributed by atoms with Gasteiger partial charge in [0.05, 0.1) is 0 Å². The predicted molar refractivity (Wildman–Crippen MR) is 176 cm³/mol. The highest BCUT2D eigenvalue weighted by atomic mass is 35.5. The van der Waals surface area contributed by atoms with E-state index >= 15 is 0 Å². The van der Waals surface area contributed by atoms with E-state index in [-0.39, 0.29) is 34.8 Å². The fourth-order valence-electron chi connectivity index (χ4n) is 4.81. The van der Waals surface area contributed by atoms with Crippen LogP contribution >= 0.6 is 68.3 Å². The van der Waals surface area contributed by atoms with Crippen molar-refractivity contribution in [3.8, 4) is 11.5 Å². The Morgan fingerprint density at radius 2 is 1.14 bits per heavy atom. The minimum atomic E-state index is -1.14. The molecule has 0 bridgehead atoms. The van der Waals surface area contributed by atoms with Crippen LogP contribution in [-0.4, -0.2) is 89.1 Å². The van der Waals surface area contributed by atoms with Crippen LogP contribution in [0.15, 0.2) is 36.4 Å². The second kappa shape index (κ2) is 15.0. The molecule has 0 aliphatic carbocycles. The number of amides is 2. The number of phenolic OH excluding ortho intramolecular Hbond substituents is 2. The zero-order valence-electron chi connectivity index (χ0n) is 23.5. The van der Waals surface area contributed by atoms with Gasteiger partial charge in [0, 0.05) is 56.0 Å². The summed E-state index contributed by atoms with van der Waals surface area (Å²) in [5, 5.41) is 39.7. The topological polar surface area (TPSA) is 156 Å². The monoisotopic (exact) mass is 720 g/mol. The van der Waals surface area contributed by atoms with Crippen LogP contribution < -0.4 is 0 Å². The maximum atomic E-state index is 13.5. The van der Waals surface area contributed by atoms with Crippen molar-refractivity contribution < 1.29 is 39.6 Å². The van der Waals surface area contributed by atoms with Crippen molar-refractivity contribution >= 4 is 92.1 Å². The molecule has 2 unspecified atom stereocenters. The number of benzene rings is 2. The molecule has 6 atom stereocenters. The minimum absolute atomic E-state index is 0.0821. The number of phenols is 2. The number of aromatic hydroxyl groups is 2. The van der Waals surface area contributed by atoms with Crippen LogP contribution in [0, 0.1) is 11.8 Å². The second-order valence-electron chi connectivity index (χ2n) is 10.3. The normalized spacial score (nSPS) is 23.0. The molecule has 2 aliphatic heterocycles. The third-order valence-corrected chi connectivity index (χ3v) is 13.0. The van der Waals surface area contributed by atoms with E-state index in [0.717, 1.165) is 0 Å². The van der Waals surface area contributed by atoms with Crippen LogP contribution in [0.25, 0.3) is 0 Å². The van der Waals surface area contributed by atoms with Crippen molar-refractivity contribution in [1.82, 2.24) is 9.80 Å². The van der Waals surface area contributed by atoms with Crippen LogP contribution in [0.1, 0.15) is 35.7 Å². The first-order valence-corrected chi connectivity index (χ1v) is 18.7. The molecule has 4 rings (SSSR count). The Morgan fingerprint density at radius 3 is 1.48 bits per heavy atom. The zero-order chi connectivity index (χ0) is 32.3. The van der Waals surface area contributed by atoms with Crippen LogP contribution in [0.2, 0.25) is 10.0 Å². The fourth-order valence-corrected chi connectivity index (χ4v) is 10.8. The van der Waals surface area contributed by atoms with E-state index in [9.17, 15) is 39.6 Å². The summed E-state index contributed by atoms with van der Waals surface area (Å²) in [5.41, 5.74) is 0.732. The Balaban J connectivity index is 1.38. The van der Waals surface area contributed by atoms with Gasteiger partial charge in [0.15, 0.2) is 0 Å². The molecule has 0 spiro atoms. The highest BCUT2D eigenvalue weighted by Gasteiger charge is 2.46. The molecule has 0 radical (unpaired) electrons. The van der Waals surface area contributed by atoms with Crippen molar-refractivity contribution in [3.63, 3.8) is 0 Å². The Hall–Kier alpha value is -2.10. The Morgan fingerprint density at radius 1 is 0.773 bits per heavy atom. The van der Waals surface area contributed by atoms with E-state index < -0.39 is 46.6 Å². The maximum absolute atomic E-state index is 13.5. The number of carbonyl (C=O) groups excluding carboxylic acids is 2. The predicted octanol–water partition coefficient (Wildman–Crippen LogP) is 5.81. The Labute approximate surface area is 280 Å². The molecular weight excluding hydrogens is 691 g/mol. The van der Waals surface area contributed by atoms with Gasteiger partial charge >= 0.3 is 11.9 Å². The van der Waals surface area contributed by atoms with Gasteiger partial charge in [0.1, 0.15) is 34.3 Å². The van der Waals surface area contributed by atoms with E-state index in [1.54, 1.807) is 13.8 Å². The number of carboxylic acid groups (broad SMARTS) is 2. The van der Waals surface area contributed by atoms with Gasteiger partial charge in [-0.3, -0.25) is 9.59 Å². The summed E-state index contributed by atoms with van der Waals surface area (Å²) in [7, 11) is 2.70. The van der Waals surface area contributed by atoms with Crippen LogP contribution in [0.5, 0.6) is 11.5 Å². The lowest BCUT2D eigenvalue weighted by molar-refractivity contribution is -0.150. The molecule has 0 saturated carbocycles. The molecule has 16 heteroatoms. The van der Waals surface area contributed by atoms with Gasteiger partial charge in [-0.15, -0.1) is 23.5 Å². The summed E-state index contributed by atoms with van der Waals surface area (Å²) in [4.78, 5) is 53.6. The van der Waals surface area contributed by atoms with E-state index in [1.807, 2.05) is 0 Å². The summed E-state index contributed by atoms with van der Waals surface area (Å²) in [5.74, 6) is -3.40. The number of hydrogen-bond acceptors (Lipinski definition) is 10. The molecule has 44 heavy (non-hydrogen) atoms. The van der Waals surface area contributed by atoms with E-state index in [1.165, 1.54) is 91.3 Å². The summed E-state index contributed by atoms with van der Waals surface area (Å²) in [6.45, 7) is 3.39. The average molecular weight is 722 g/mol. The lowest BCUT2D eigenvalue weighted by atomic mass is 10.1. The number of halogens is 2. The number of carbonyl (C=O) groups is 4. The van der Waals surface area contributed by atoms with Gasteiger partial charge in [0.25, 0.3) is 0 Å². The number of rotatable bonds is 11. The van der Waals surface area contributed by atoms with Gasteiger partial charge in [0.2, 0.25) is 11.8 Å². The van der Waals surface area contributed by atoms with Crippen molar-refractivity contribution in [2.45, 2.75) is 36.7 Å². The number of hydrogen-bond donors (Lipinski definition) is 4. The van der Waals surface area contributed by atoms with Crippen LogP contribution in [0.3, 0.4) is 0 Å². The Bertz CT molecular complexity index is 1330. The summed E-state index contributed by atoms with van der Waals surface area (Å²) in [6, 6.07) is 6.75. The molecular formula is C28H30Cl2N2O8S4. The highest BCUT2D eigenvalue weighted by Crippen LogP contribution is 2.47. The van der Waals surface area contributed by atoms with Crippen LogP contribution in [-0.2, 0) is 19.2 Å². The number of aliphatic carboxylic acids is 2. The largest absolute Gasteiger partial charge is 0.508 e. The number of carboxylic acids is 2. The quantitative estimate of drug-likeness (QED) is 0.163. The molecule has 2 aliphatic rings. The molecule has 10 nitrogen and oxygen atoms in total. The molecule has 2 saturated heterocycles. The van der Waals surface area contributed by atoms with E-state index in [4.69, 9.17) is 23.2 Å². The standard InChI is InChI=1S/C28H30Cl2N2O8S4/c1-13(23(35)31-19(27(37)38)11-41-25(31)17-7-15(29)3-5-21(17)33)9-43-44-10-14(2)24(36)32-20(28(39)40)12-42-26(32)18-8-16(30)4-6-22(18)34/h3-8,13-14,19-20,25-26,33-34H,9-12H2,1-2H3,(H,37,38)(H,39,40)/t13-,14-,19+,20+,25?,26?/m1/s1. The number of thioether (sulfide) groups is 2. The van der Waals surface area contributed by atoms with E-state index in [2.05, 4.69) is 0 Å². The first-order chi connectivity index (χ1) is 20.8. The van der Waals surface area contributed by atoms with Gasteiger partial charge in [-0.2, -0.15) is 0 Å². The summed E-state index contributed by atoms with van der Waals surface area (Å²) in [6.07, 6.45) is 0. The summed E-state index contributed by atoms with van der Waals surface area (Å²) >= 11 is 14.7. The van der Waals surface area contributed by atoms with Gasteiger partial charge in [-0.1, -0.05) is 58.6 Å². The third-order valence-electron chi connectivity index (χ3n) is 7.15. The fraction of sp³-hybridized carbons (Fsp3) is 0.429. The lowest BCUT2D eigenvalue weighted by Gasteiger charge is -2.31. The minimum Gasteiger partial charge on any atom is -0.508 e. The van der Waals surface area contributed by atoms with Crippen molar-refractivity contribution in [1.29, 1.82) is 0 Å². The average Bonchev–Trinajstić information content (AvgIpc) is 3.62. The Kier molecular flexibility index (Phi) is 11.8. The van der Waals surface area contributed by atoms with Crippen LogP contribution in [0.4, 0.5) is 0 Å². The summed E-state index contributed by atoms with van der Waals surface area (Å²) < 4.78 is 0. The number of nitrogens with zero attached hydrogens (tertiary/aromatic N) is 2. The lowest BCUT2D eigenvalue weighted by Crippen LogP contribution is -2.45. The molecule has 0 aromatic heterocycles. The first-order valence-electron chi connectivity index (χ1n) is 13.4.